The number of rotatable bonds is 5. The Morgan fingerprint density at radius 2 is 1.92 bits per heavy atom. The first-order chi connectivity index (χ1) is 6.43. The lowest BCUT2D eigenvalue weighted by atomic mass is 10.2. The summed E-state index contributed by atoms with van der Waals surface area (Å²) in [6.45, 7) is 2.22. The summed E-state index contributed by atoms with van der Waals surface area (Å²) < 4.78 is 0. The number of hydrogen-bond acceptors (Lipinski definition) is 1. The van der Waals surface area contributed by atoms with E-state index in [1.165, 1.54) is 19.3 Å². The van der Waals surface area contributed by atoms with Gasteiger partial charge in [-0.15, -0.1) is 0 Å². The second kappa shape index (κ2) is 6.41. The molecule has 0 aliphatic heterocycles. The van der Waals surface area contributed by atoms with E-state index in [2.05, 4.69) is 11.9 Å². The average Bonchev–Trinajstić information content (AvgIpc) is 2.19. The lowest BCUT2D eigenvalue weighted by Gasteiger charge is -1.92. The van der Waals surface area contributed by atoms with Gasteiger partial charge in [-0.2, -0.15) is 0 Å². The van der Waals surface area contributed by atoms with Crippen LogP contribution < -0.4 is 0 Å². The normalized spacial score (nSPS) is 10.8. The third-order valence-corrected chi connectivity index (χ3v) is 1.93. The van der Waals surface area contributed by atoms with Gasteiger partial charge in [0.05, 0.1) is 5.69 Å². The quantitative estimate of drug-likeness (QED) is 0.474. The molecule has 0 atom stereocenters. The summed E-state index contributed by atoms with van der Waals surface area (Å²) in [7, 11) is 0. The van der Waals surface area contributed by atoms with Gasteiger partial charge in [0.1, 0.15) is 0 Å². The highest BCUT2D eigenvalue weighted by molar-refractivity contribution is 5.62. The molecule has 1 nitrogen and oxygen atoms in total. The fourth-order valence-corrected chi connectivity index (χ4v) is 1.17. The molecule has 0 N–H and O–H groups in total. The predicted octanol–water partition coefficient (Wildman–Crippen LogP) is 3.97. The van der Waals surface area contributed by atoms with Crippen molar-refractivity contribution in [1.29, 1.82) is 0 Å². The van der Waals surface area contributed by atoms with Gasteiger partial charge in [-0.25, -0.2) is 0 Å². The van der Waals surface area contributed by atoms with Crippen molar-refractivity contribution in [1.82, 2.24) is 0 Å². The smallest absolute Gasteiger partial charge is 0.0625 e. The van der Waals surface area contributed by atoms with Crippen molar-refractivity contribution in [2.45, 2.75) is 32.6 Å². The Hall–Kier alpha value is -1.11. The molecular formula is C12H17N. The van der Waals surface area contributed by atoms with E-state index in [0.717, 1.165) is 12.1 Å². The first kappa shape index (κ1) is 9.97. The van der Waals surface area contributed by atoms with Crippen molar-refractivity contribution in [3.05, 3.63) is 30.3 Å². The predicted molar refractivity (Wildman–Crippen MR) is 58.7 cm³/mol. The molecule has 1 aromatic carbocycles. The Kier molecular flexibility index (Phi) is 4.92. The van der Waals surface area contributed by atoms with Crippen molar-refractivity contribution in [3.8, 4) is 0 Å². The summed E-state index contributed by atoms with van der Waals surface area (Å²) in [6, 6.07) is 10.1. The second-order valence-electron chi connectivity index (χ2n) is 3.14. The maximum Gasteiger partial charge on any atom is 0.0625 e. The highest BCUT2D eigenvalue weighted by Gasteiger charge is 1.84. The summed E-state index contributed by atoms with van der Waals surface area (Å²) in [6.07, 6.45) is 6.96. The SMILES string of the molecule is CCCCC/C=N\c1ccccc1. The Morgan fingerprint density at radius 3 is 2.62 bits per heavy atom. The van der Waals surface area contributed by atoms with Gasteiger partial charge >= 0.3 is 0 Å². The summed E-state index contributed by atoms with van der Waals surface area (Å²) in [4.78, 5) is 4.35. The number of aliphatic imine (C=N–C) groups is 1. The van der Waals surface area contributed by atoms with Crippen LogP contribution in [-0.2, 0) is 0 Å². The Balaban J connectivity index is 2.25. The summed E-state index contributed by atoms with van der Waals surface area (Å²) in [5.74, 6) is 0. The second-order valence-corrected chi connectivity index (χ2v) is 3.14. The Morgan fingerprint density at radius 1 is 1.15 bits per heavy atom. The van der Waals surface area contributed by atoms with Crippen molar-refractivity contribution in [2.75, 3.05) is 0 Å². The molecule has 0 fully saturated rings. The lowest BCUT2D eigenvalue weighted by Crippen LogP contribution is -1.76. The van der Waals surface area contributed by atoms with E-state index in [9.17, 15) is 0 Å². The Labute approximate surface area is 80.5 Å². The molecule has 1 aromatic rings. The van der Waals surface area contributed by atoms with Crippen molar-refractivity contribution in [3.63, 3.8) is 0 Å². The van der Waals surface area contributed by atoms with Crippen LogP contribution in [0.1, 0.15) is 32.6 Å². The van der Waals surface area contributed by atoms with Crippen LogP contribution in [-0.4, -0.2) is 6.21 Å². The summed E-state index contributed by atoms with van der Waals surface area (Å²) in [5.41, 5.74) is 1.05. The zero-order valence-corrected chi connectivity index (χ0v) is 8.24. The van der Waals surface area contributed by atoms with Gasteiger partial charge < -0.3 is 0 Å². The van der Waals surface area contributed by atoms with Crippen LogP contribution in [0, 0.1) is 0 Å². The number of hydrogen-bond donors (Lipinski definition) is 0. The molecule has 0 amide bonds. The zero-order chi connectivity index (χ0) is 9.36. The average molecular weight is 175 g/mol. The lowest BCUT2D eigenvalue weighted by molar-refractivity contribution is 0.746. The standard InChI is InChI=1S/C12H17N/c1-2-3-4-8-11-13-12-9-6-5-7-10-12/h5-7,9-11H,2-4,8H2,1H3/b13-11-. The minimum Gasteiger partial charge on any atom is -0.261 e. The van der Waals surface area contributed by atoms with Crippen molar-refractivity contribution < 1.29 is 0 Å². The molecule has 13 heavy (non-hydrogen) atoms. The minimum absolute atomic E-state index is 1.05. The van der Waals surface area contributed by atoms with Crippen LogP contribution in [0.2, 0.25) is 0 Å². The van der Waals surface area contributed by atoms with E-state index in [-0.39, 0.29) is 0 Å². The topological polar surface area (TPSA) is 12.4 Å². The molecule has 0 saturated carbocycles. The van der Waals surface area contributed by atoms with Crippen LogP contribution in [0.15, 0.2) is 35.3 Å². The molecule has 0 bridgehead atoms. The third-order valence-electron chi connectivity index (χ3n) is 1.93. The van der Waals surface area contributed by atoms with Crippen LogP contribution in [0.25, 0.3) is 0 Å². The molecule has 0 unspecified atom stereocenters. The molecule has 0 aromatic heterocycles. The Bertz CT molecular complexity index is 239. The molecule has 0 saturated heterocycles. The highest BCUT2D eigenvalue weighted by atomic mass is 14.7. The van der Waals surface area contributed by atoms with Gasteiger partial charge in [0.2, 0.25) is 0 Å². The van der Waals surface area contributed by atoms with Gasteiger partial charge in [-0.05, 0) is 25.0 Å². The molecule has 1 heteroatoms. The molecule has 0 aliphatic carbocycles. The van der Waals surface area contributed by atoms with Crippen LogP contribution >= 0.6 is 0 Å². The van der Waals surface area contributed by atoms with Gasteiger partial charge in [-0.3, -0.25) is 4.99 Å². The largest absolute Gasteiger partial charge is 0.261 e. The van der Waals surface area contributed by atoms with Gasteiger partial charge in [0, 0.05) is 6.21 Å². The van der Waals surface area contributed by atoms with Gasteiger partial charge in [0.25, 0.3) is 0 Å². The van der Waals surface area contributed by atoms with Crippen LogP contribution in [0.5, 0.6) is 0 Å². The monoisotopic (exact) mass is 175 g/mol. The molecule has 0 aliphatic rings. The highest BCUT2D eigenvalue weighted by Crippen LogP contribution is 2.09. The van der Waals surface area contributed by atoms with Crippen molar-refractivity contribution >= 4 is 11.9 Å². The molecule has 1 rings (SSSR count). The number of nitrogens with zero attached hydrogens (tertiary/aromatic N) is 1. The number of unbranched alkanes of at least 4 members (excludes halogenated alkanes) is 3. The fraction of sp³-hybridized carbons (Fsp3) is 0.417. The molecule has 0 heterocycles. The van der Waals surface area contributed by atoms with Gasteiger partial charge in [-0.1, -0.05) is 38.0 Å². The van der Waals surface area contributed by atoms with E-state index < -0.39 is 0 Å². The third kappa shape index (κ3) is 4.46. The van der Waals surface area contributed by atoms with Gasteiger partial charge in [0.15, 0.2) is 0 Å². The van der Waals surface area contributed by atoms with E-state index in [1.807, 2.05) is 36.5 Å². The molecule has 0 radical (unpaired) electrons. The first-order valence-corrected chi connectivity index (χ1v) is 5.01. The van der Waals surface area contributed by atoms with E-state index >= 15 is 0 Å². The molecule has 0 spiro atoms. The minimum atomic E-state index is 1.05. The molecular weight excluding hydrogens is 158 g/mol. The van der Waals surface area contributed by atoms with E-state index in [4.69, 9.17) is 0 Å². The maximum atomic E-state index is 4.35. The fourth-order valence-electron chi connectivity index (χ4n) is 1.17. The molecule has 70 valence electrons. The van der Waals surface area contributed by atoms with Crippen LogP contribution in [0.3, 0.4) is 0 Å². The summed E-state index contributed by atoms with van der Waals surface area (Å²) in [5, 5.41) is 0. The number of benzene rings is 1. The maximum absolute atomic E-state index is 4.35. The zero-order valence-electron chi connectivity index (χ0n) is 8.24. The summed E-state index contributed by atoms with van der Waals surface area (Å²) >= 11 is 0. The van der Waals surface area contributed by atoms with Crippen LogP contribution in [0.4, 0.5) is 5.69 Å². The van der Waals surface area contributed by atoms with E-state index in [1.54, 1.807) is 0 Å². The first-order valence-electron chi connectivity index (χ1n) is 5.01. The van der Waals surface area contributed by atoms with E-state index in [0.29, 0.717) is 0 Å². The number of para-hydroxylation sites is 1. The van der Waals surface area contributed by atoms with Crippen molar-refractivity contribution in [2.24, 2.45) is 4.99 Å².